The Morgan fingerprint density at radius 3 is 0.917 bits per heavy atom. The van der Waals surface area contributed by atoms with E-state index >= 15 is 0 Å². The van der Waals surface area contributed by atoms with Crippen molar-refractivity contribution in [1.82, 2.24) is 13.7 Å². The molecule has 1 aromatic heterocycles. The SMILES string of the molecule is CCC(C)c1ccc(Cn2c(=O)n(Cc3ccc(C(C)CC)c(O)c3C)c(=O)n(Cc3ccc(C(C)CC)c(O)c3C)c2=O)c(C)c1O. The molecule has 0 spiro atoms. The smallest absolute Gasteiger partial charge is 0.336 e. The van der Waals surface area contributed by atoms with E-state index in [1.165, 1.54) is 0 Å². The maximum absolute atomic E-state index is 14.1. The molecule has 3 aromatic carbocycles. The number of aromatic hydroxyl groups is 3. The van der Waals surface area contributed by atoms with Crippen LogP contribution in [0.4, 0.5) is 0 Å². The van der Waals surface area contributed by atoms with Gasteiger partial charge in [-0.05, 0) is 108 Å². The van der Waals surface area contributed by atoms with Crippen LogP contribution < -0.4 is 17.1 Å². The minimum absolute atomic E-state index is 0.123. The summed E-state index contributed by atoms with van der Waals surface area (Å²) in [5.41, 5.74) is 3.43. The Balaban J connectivity index is 1.93. The molecule has 0 radical (unpaired) electrons. The van der Waals surface area contributed by atoms with Crippen molar-refractivity contribution in [3.8, 4) is 17.2 Å². The summed E-state index contributed by atoms with van der Waals surface area (Å²) < 4.78 is 3.08. The Hall–Kier alpha value is -4.53. The van der Waals surface area contributed by atoms with Crippen LogP contribution in [0.15, 0.2) is 50.8 Å². The van der Waals surface area contributed by atoms with E-state index in [4.69, 9.17) is 0 Å². The number of hydrogen-bond acceptors (Lipinski definition) is 6. The molecule has 3 unspecified atom stereocenters. The van der Waals surface area contributed by atoms with E-state index in [0.717, 1.165) is 49.7 Å². The van der Waals surface area contributed by atoms with Crippen LogP contribution in [0.1, 0.15) is 129 Å². The number of phenolic OH excluding ortho intramolecular Hbond substituents is 3. The van der Waals surface area contributed by atoms with Crippen molar-refractivity contribution in [2.75, 3.05) is 0 Å². The Morgan fingerprint density at radius 2 is 0.708 bits per heavy atom. The van der Waals surface area contributed by atoms with Gasteiger partial charge in [0.1, 0.15) is 17.2 Å². The second-order valence-electron chi connectivity index (χ2n) is 13.4. The molecule has 0 aliphatic heterocycles. The number of nitrogens with zero attached hydrogens (tertiary/aromatic N) is 3. The van der Waals surface area contributed by atoms with Gasteiger partial charge in [-0.3, -0.25) is 0 Å². The Bertz CT molecular complexity index is 1740. The highest BCUT2D eigenvalue weighted by Crippen LogP contribution is 2.35. The topological polar surface area (TPSA) is 127 Å². The van der Waals surface area contributed by atoms with E-state index in [-0.39, 0.29) is 54.6 Å². The minimum Gasteiger partial charge on any atom is -0.507 e. The monoisotopic (exact) mass is 657 g/mol. The lowest BCUT2D eigenvalue weighted by atomic mass is 9.93. The molecule has 0 fully saturated rings. The fourth-order valence-electron chi connectivity index (χ4n) is 6.25. The molecule has 48 heavy (non-hydrogen) atoms. The van der Waals surface area contributed by atoms with Gasteiger partial charge in [0.25, 0.3) is 0 Å². The maximum Gasteiger partial charge on any atom is 0.336 e. The normalized spacial score (nSPS) is 13.4. The fourth-order valence-corrected chi connectivity index (χ4v) is 6.25. The van der Waals surface area contributed by atoms with Crippen molar-refractivity contribution in [2.45, 2.75) is 119 Å². The summed E-state index contributed by atoms with van der Waals surface area (Å²) >= 11 is 0. The lowest BCUT2D eigenvalue weighted by Gasteiger charge is -2.20. The third kappa shape index (κ3) is 6.73. The summed E-state index contributed by atoms with van der Waals surface area (Å²) in [5.74, 6) is 0.752. The predicted molar refractivity (Wildman–Crippen MR) is 191 cm³/mol. The third-order valence-electron chi connectivity index (χ3n) is 10.5. The lowest BCUT2D eigenvalue weighted by molar-refractivity contribution is 0.451. The highest BCUT2D eigenvalue weighted by Gasteiger charge is 2.22. The van der Waals surface area contributed by atoms with Crippen LogP contribution in [0.25, 0.3) is 0 Å². The Kier molecular flexibility index (Phi) is 11.1. The van der Waals surface area contributed by atoms with Gasteiger partial charge in [-0.15, -0.1) is 0 Å². The number of phenols is 3. The maximum atomic E-state index is 14.1. The van der Waals surface area contributed by atoms with Crippen molar-refractivity contribution in [3.05, 3.63) is 118 Å². The number of benzene rings is 3. The van der Waals surface area contributed by atoms with Gasteiger partial charge in [0, 0.05) is 0 Å². The number of aromatic nitrogens is 3. The van der Waals surface area contributed by atoms with Crippen LogP contribution in [0.2, 0.25) is 0 Å². The zero-order valence-electron chi connectivity index (χ0n) is 29.8. The molecular weight excluding hydrogens is 606 g/mol. The number of hydrogen-bond donors (Lipinski definition) is 3. The predicted octanol–water partition coefficient (Wildman–Crippen LogP) is 6.90. The van der Waals surface area contributed by atoms with Gasteiger partial charge in [0.15, 0.2) is 0 Å². The molecule has 0 saturated heterocycles. The summed E-state index contributed by atoms with van der Waals surface area (Å²) in [6.45, 7) is 17.0. The van der Waals surface area contributed by atoms with Crippen LogP contribution in [0, 0.1) is 20.8 Å². The van der Waals surface area contributed by atoms with Gasteiger partial charge in [-0.2, -0.15) is 0 Å². The summed E-state index contributed by atoms with van der Waals surface area (Å²) in [7, 11) is 0. The quantitative estimate of drug-likeness (QED) is 0.152. The van der Waals surface area contributed by atoms with E-state index in [1.54, 1.807) is 20.8 Å². The third-order valence-corrected chi connectivity index (χ3v) is 10.5. The van der Waals surface area contributed by atoms with Crippen LogP contribution in [0.5, 0.6) is 17.2 Å². The summed E-state index contributed by atoms with van der Waals surface area (Å²) in [5, 5.41) is 33.1. The molecule has 0 amide bonds. The van der Waals surface area contributed by atoms with Crippen molar-refractivity contribution >= 4 is 0 Å². The van der Waals surface area contributed by atoms with Crippen LogP contribution in [0.3, 0.4) is 0 Å². The van der Waals surface area contributed by atoms with Crippen molar-refractivity contribution in [3.63, 3.8) is 0 Å². The summed E-state index contributed by atoms with van der Waals surface area (Å²) in [4.78, 5) is 42.2. The molecule has 0 aliphatic carbocycles. The largest absolute Gasteiger partial charge is 0.507 e. The molecule has 0 saturated carbocycles. The summed E-state index contributed by atoms with van der Waals surface area (Å²) in [6, 6.07) is 10.9. The lowest BCUT2D eigenvalue weighted by Crippen LogP contribution is -2.55. The molecule has 0 bridgehead atoms. The van der Waals surface area contributed by atoms with E-state index in [9.17, 15) is 29.7 Å². The van der Waals surface area contributed by atoms with Crippen LogP contribution in [-0.4, -0.2) is 29.0 Å². The highest BCUT2D eigenvalue weighted by molar-refractivity contribution is 5.48. The molecule has 4 aromatic rings. The van der Waals surface area contributed by atoms with Crippen molar-refractivity contribution in [1.29, 1.82) is 0 Å². The first-order valence-electron chi connectivity index (χ1n) is 17.1. The van der Waals surface area contributed by atoms with Gasteiger partial charge in [-0.1, -0.05) is 77.9 Å². The van der Waals surface area contributed by atoms with Gasteiger partial charge < -0.3 is 15.3 Å². The van der Waals surface area contributed by atoms with Crippen molar-refractivity contribution < 1.29 is 15.3 Å². The van der Waals surface area contributed by atoms with Crippen LogP contribution in [-0.2, 0) is 19.6 Å². The van der Waals surface area contributed by atoms with Crippen LogP contribution >= 0.6 is 0 Å². The molecule has 3 atom stereocenters. The van der Waals surface area contributed by atoms with E-state index in [2.05, 4.69) is 0 Å². The highest BCUT2D eigenvalue weighted by atomic mass is 16.3. The number of rotatable bonds is 12. The van der Waals surface area contributed by atoms with Crippen molar-refractivity contribution in [2.24, 2.45) is 0 Å². The Labute approximate surface area is 282 Å². The average molecular weight is 658 g/mol. The van der Waals surface area contributed by atoms with E-state index in [0.29, 0.717) is 33.4 Å². The molecule has 9 nitrogen and oxygen atoms in total. The second kappa shape index (κ2) is 14.7. The molecule has 258 valence electrons. The standard InChI is InChI=1S/C39H51N3O6/c1-10-22(4)31-16-13-28(25(7)34(31)43)19-40-37(46)41(20-29-14-17-32(23(5)11-2)35(44)26(29)8)39(48)42(38(40)47)21-30-15-18-33(24(6)12-3)36(45)27(30)9/h13-18,22-24,43-45H,10-12,19-21H2,1-9H3. The first kappa shape index (κ1) is 36.3. The molecular formula is C39H51N3O6. The van der Waals surface area contributed by atoms with E-state index in [1.807, 2.05) is 77.9 Å². The Morgan fingerprint density at radius 1 is 0.479 bits per heavy atom. The zero-order valence-corrected chi connectivity index (χ0v) is 29.8. The van der Waals surface area contributed by atoms with Gasteiger partial charge in [0.2, 0.25) is 0 Å². The van der Waals surface area contributed by atoms with E-state index < -0.39 is 17.1 Å². The fraction of sp³-hybridized carbons (Fsp3) is 0.462. The first-order valence-corrected chi connectivity index (χ1v) is 17.1. The molecule has 4 rings (SSSR count). The van der Waals surface area contributed by atoms with Gasteiger partial charge in [0.05, 0.1) is 19.6 Å². The average Bonchev–Trinajstić information content (AvgIpc) is 3.07. The molecule has 3 N–H and O–H groups in total. The molecule has 9 heteroatoms. The second-order valence-corrected chi connectivity index (χ2v) is 13.4. The van der Waals surface area contributed by atoms with Gasteiger partial charge in [-0.25, -0.2) is 28.1 Å². The minimum atomic E-state index is -0.789. The zero-order chi connectivity index (χ0) is 35.6. The molecule has 1 heterocycles. The molecule has 0 aliphatic rings. The first-order chi connectivity index (χ1) is 22.7. The summed E-state index contributed by atoms with van der Waals surface area (Å²) in [6.07, 6.45) is 2.51. The van der Waals surface area contributed by atoms with Gasteiger partial charge >= 0.3 is 17.1 Å².